The highest BCUT2D eigenvalue weighted by Gasteiger charge is 2.12. The Kier molecular flexibility index (Phi) is 3.83. The molecule has 2 aromatic heterocycles. The van der Waals surface area contributed by atoms with Gasteiger partial charge in [-0.3, -0.25) is 9.69 Å². The number of hydrogen-bond donors (Lipinski definition) is 1. The van der Waals surface area contributed by atoms with Gasteiger partial charge >= 0.3 is 5.97 Å². The molecule has 0 radical (unpaired) electrons. The van der Waals surface area contributed by atoms with Gasteiger partial charge in [-0.25, -0.2) is 4.98 Å². The molecular formula is C14H15N3O2. The number of aromatic nitrogens is 2. The van der Waals surface area contributed by atoms with Crippen molar-refractivity contribution in [2.45, 2.75) is 13.5 Å². The lowest BCUT2D eigenvalue weighted by Gasteiger charge is -2.15. The average molecular weight is 257 g/mol. The monoisotopic (exact) mass is 257 g/mol. The van der Waals surface area contributed by atoms with Crippen LogP contribution in [0.1, 0.15) is 11.3 Å². The van der Waals surface area contributed by atoms with Gasteiger partial charge in [0.05, 0.1) is 18.8 Å². The van der Waals surface area contributed by atoms with E-state index in [1.54, 1.807) is 4.90 Å². The Labute approximate surface area is 111 Å². The molecule has 0 spiro atoms. The van der Waals surface area contributed by atoms with Crippen LogP contribution in [0.4, 0.5) is 0 Å². The number of aryl methyl sites for hydroxylation is 1. The number of pyridine rings is 1. The quantitative estimate of drug-likeness (QED) is 0.817. The van der Waals surface area contributed by atoms with E-state index >= 15 is 0 Å². The Hall–Kier alpha value is -2.32. The van der Waals surface area contributed by atoms with Crippen LogP contribution in [0, 0.1) is 19.3 Å². The highest BCUT2D eigenvalue weighted by Crippen LogP contribution is 2.11. The van der Waals surface area contributed by atoms with Gasteiger partial charge < -0.3 is 9.51 Å². The highest BCUT2D eigenvalue weighted by atomic mass is 16.4. The molecule has 5 heteroatoms. The number of aliphatic carboxylic acids is 1. The minimum atomic E-state index is -0.893. The van der Waals surface area contributed by atoms with Crippen molar-refractivity contribution in [2.24, 2.45) is 0 Å². The molecule has 0 fully saturated rings. The Bertz CT molecular complexity index is 640. The van der Waals surface area contributed by atoms with E-state index in [4.69, 9.17) is 11.5 Å². The molecule has 0 aliphatic carbocycles. The van der Waals surface area contributed by atoms with Crippen molar-refractivity contribution >= 4 is 11.6 Å². The smallest absolute Gasteiger partial charge is 0.317 e. The molecule has 98 valence electrons. The molecule has 1 N–H and O–H groups in total. The summed E-state index contributed by atoms with van der Waals surface area (Å²) in [6.07, 6.45) is 9.06. The topological polar surface area (TPSA) is 57.8 Å². The molecule has 0 bridgehead atoms. The predicted molar refractivity (Wildman–Crippen MR) is 71.7 cm³/mol. The Balaban J connectivity index is 2.21. The molecule has 0 aromatic carbocycles. The molecule has 0 amide bonds. The lowest BCUT2D eigenvalue weighted by Crippen LogP contribution is -2.29. The van der Waals surface area contributed by atoms with Crippen LogP contribution in [-0.2, 0) is 11.3 Å². The van der Waals surface area contributed by atoms with Gasteiger partial charge in [-0.1, -0.05) is 12.0 Å². The van der Waals surface area contributed by atoms with Crippen molar-refractivity contribution in [3.05, 3.63) is 35.8 Å². The molecule has 2 aromatic rings. The van der Waals surface area contributed by atoms with Crippen LogP contribution in [0.3, 0.4) is 0 Å². The third-order valence-electron chi connectivity index (χ3n) is 2.79. The maximum atomic E-state index is 10.8. The summed E-state index contributed by atoms with van der Waals surface area (Å²) in [5, 5.41) is 8.84. The molecular weight excluding hydrogens is 242 g/mol. The van der Waals surface area contributed by atoms with E-state index in [0.29, 0.717) is 13.1 Å². The van der Waals surface area contributed by atoms with Crippen LogP contribution >= 0.6 is 0 Å². The van der Waals surface area contributed by atoms with Crippen LogP contribution in [0.2, 0.25) is 0 Å². The number of carbonyl (C=O) groups is 1. The van der Waals surface area contributed by atoms with E-state index < -0.39 is 5.97 Å². The van der Waals surface area contributed by atoms with Crippen LogP contribution < -0.4 is 0 Å². The van der Waals surface area contributed by atoms with Gasteiger partial charge in [0.25, 0.3) is 0 Å². The van der Waals surface area contributed by atoms with Gasteiger partial charge in [-0.15, -0.1) is 6.42 Å². The summed E-state index contributed by atoms with van der Waals surface area (Å²) in [4.78, 5) is 16.9. The van der Waals surface area contributed by atoms with E-state index in [-0.39, 0.29) is 6.54 Å². The van der Waals surface area contributed by atoms with Crippen LogP contribution in [0.15, 0.2) is 24.5 Å². The first-order chi connectivity index (χ1) is 9.10. The number of nitrogens with zero attached hydrogens (tertiary/aromatic N) is 3. The van der Waals surface area contributed by atoms with Crippen molar-refractivity contribution in [3.63, 3.8) is 0 Å². The van der Waals surface area contributed by atoms with Gasteiger partial charge in [0, 0.05) is 18.9 Å². The van der Waals surface area contributed by atoms with Gasteiger partial charge in [0.15, 0.2) is 0 Å². The predicted octanol–water partition coefficient (Wildman–Crippen LogP) is 1.16. The van der Waals surface area contributed by atoms with E-state index in [1.807, 2.05) is 35.9 Å². The molecule has 0 saturated heterocycles. The molecule has 19 heavy (non-hydrogen) atoms. The fourth-order valence-corrected chi connectivity index (χ4v) is 2.00. The number of carboxylic acid groups (broad SMARTS) is 1. The average Bonchev–Trinajstić information content (AvgIpc) is 2.72. The Morgan fingerprint density at radius 2 is 2.42 bits per heavy atom. The summed E-state index contributed by atoms with van der Waals surface area (Å²) in [6.45, 7) is 2.62. The van der Waals surface area contributed by atoms with Crippen molar-refractivity contribution in [2.75, 3.05) is 13.1 Å². The minimum Gasteiger partial charge on any atom is -0.480 e. The second-order valence-electron chi connectivity index (χ2n) is 4.40. The molecule has 2 heterocycles. The lowest BCUT2D eigenvalue weighted by atomic mass is 10.3. The second-order valence-corrected chi connectivity index (χ2v) is 4.40. The third kappa shape index (κ3) is 3.12. The maximum absolute atomic E-state index is 10.8. The van der Waals surface area contributed by atoms with E-state index in [0.717, 1.165) is 16.9 Å². The fourth-order valence-electron chi connectivity index (χ4n) is 2.00. The standard InChI is InChI=1S/C14H15N3O2/c1-3-6-16(10-13(18)19)8-12-9-17-7-4-5-11(2)14(17)15-12/h1,4-5,7,9H,6,8,10H2,2H3,(H,18,19). The summed E-state index contributed by atoms with van der Waals surface area (Å²) in [5.74, 6) is 1.57. The lowest BCUT2D eigenvalue weighted by molar-refractivity contribution is -0.138. The van der Waals surface area contributed by atoms with E-state index in [2.05, 4.69) is 10.9 Å². The van der Waals surface area contributed by atoms with Gasteiger partial charge in [-0.05, 0) is 18.6 Å². The van der Waals surface area contributed by atoms with Crippen LogP contribution in [-0.4, -0.2) is 38.4 Å². The zero-order valence-corrected chi connectivity index (χ0v) is 10.7. The highest BCUT2D eigenvalue weighted by molar-refractivity contribution is 5.69. The second kappa shape index (κ2) is 5.55. The number of terminal acetylenes is 1. The number of rotatable bonds is 5. The van der Waals surface area contributed by atoms with Crippen molar-refractivity contribution in [3.8, 4) is 12.3 Å². The maximum Gasteiger partial charge on any atom is 0.317 e. The van der Waals surface area contributed by atoms with Crippen molar-refractivity contribution in [1.82, 2.24) is 14.3 Å². The number of fused-ring (bicyclic) bond motifs is 1. The normalized spacial score (nSPS) is 10.8. The zero-order valence-electron chi connectivity index (χ0n) is 10.7. The molecule has 2 rings (SSSR count). The molecule has 0 atom stereocenters. The van der Waals surface area contributed by atoms with Crippen molar-refractivity contribution < 1.29 is 9.90 Å². The van der Waals surface area contributed by atoms with Gasteiger partial charge in [0.1, 0.15) is 5.65 Å². The largest absolute Gasteiger partial charge is 0.480 e. The number of carboxylic acids is 1. The fraction of sp³-hybridized carbons (Fsp3) is 0.286. The van der Waals surface area contributed by atoms with Gasteiger partial charge in [0.2, 0.25) is 0 Å². The third-order valence-corrected chi connectivity index (χ3v) is 2.79. The van der Waals surface area contributed by atoms with E-state index in [1.165, 1.54) is 0 Å². The van der Waals surface area contributed by atoms with Crippen LogP contribution in [0.25, 0.3) is 5.65 Å². The molecule has 0 aliphatic rings. The molecule has 5 nitrogen and oxygen atoms in total. The molecule has 0 unspecified atom stereocenters. The summed E-state index contributed by atoms with van der Waals surface area (Å²) < 4.78 is 1.93. The van der Waals surface area contributed by atoms with Crippen LogP contribution in [0.5, 0.6) is 0 Å². The summed E-state index contributed by atoms with van der Waals surface area (Å²) in [5.41, 5.74) is 2.77. The number of imidazole rings is 1. The van der Waals surface area contributed by atoms with Gasteiger partial charge in [-0.2, -0.15) is 0 Å². The van der Waals surface area contributed by atoms with Crippen molar-refractivity contribution in [1.29, 1.82) is 0 Å². The number of hydrogen-bond acceptors (Lipinski definition) is 3. The summed E-state index contributed by atoms with van der Waals surface area (Å²) >= 11 is 0. The first-order valence-corrected chi connectivity index (χ1v) is 5.91. The Morgan fingerprint density at radius 1 is 1.63 bits per heavy atom. The Morgan fingerprint density at radius 3 is 3.05 bits per heavy atom. The zero-order chi connectivity index (χ0) is 13.8. The molecule has 0 aliphatic heterocycles. The SMILES string of the molecule is C#CCN(CC(=O)O)Cc1cn2cccc(C)c2n1. The first kappa shape index (κ1) is 13.1. The summed E-state index contributed by atoms with van der Waals surface area (Å²) in [7, 11) is 0. The minimum absolute atomic E-state index is 0.0863. The summed E-state index contributed by atoms with van der Waals surface area (Å²) in [6, 6.07) is 3.94. The van der Waals surface area contributed by atoms with E-state index in [9.17, 15) is 4.79 Å². The first-order valence-electron chi connectivity index (χ1n) is 5.91. The molecule has 0 saturated carbocycles.